The number of halogens is 5. The average Bonchev–Trinajstić information content (AvgIpc) is 3.32. The molecule has 2 aliphatic heterocycles. The Morgan fingerprint density at radius 3 is 2.83 bits per heavy atom. The van der Waals surface area contributed by atoms with Gasteiger partial charge in [-0.15, -0.1) is 24.0 Å². The van der Waals surface area contributed by atoms with Crippen LogP contribution in [0.4, 0.5) is 19.0 Å². The number of rotatable bonds is 5. The minimum Gasteiger partial charge on any atom is -0.378 e. The third kappa shape index (κ3) is 6.74. The van der Waals surface area contributed by atoms with Crippen LogP contribution in [0.5, 0.6) is 0 Å². The molecule has 1 aromatic heterocycles. The second-order valence-corrected chi connectivity index (χ2v) is 7.43. The van der Waals surface area contributed by atoms with E-state index in [2.05, 4.69) is 20.6 Å². The molecule has 0 radical (unpaired) electrons. The number of hydrogen-bond acceptors (Lipinski definition) is 4. The molecule has 0 amide bonds. The Morgan fingerprint density at radius 2 is 2.21 bits per heavy atom. The van der Waals surface area contributed by atoms with Crippen molar-refractivity contribution in [3.05, 3.63) is 22.8 Å². The van der Waals surface area contributed by atoms with Crippen LogP contribution < -0.4 is 15.5 Å². The van der Waals surface area contributed by atoms with Gasteiger partial charge in [0.15, 0.2) is 5.96 Å². The van der Waals surface area contributed by atoms with Gasteiger partial charge in [-0.2, -0.15) is 13.2 Å². The van der Waals surface area contributed by atoms with Crippen molar-refractivity contribution in [3.8, 4) is 0 Å². The van der Waals surface area contributed by atoms with E-state index in [0.717, 1.165) is 51.1 Å². The number of aliphatic imine (C=N–C) groups is 1. The van der Waals surface area contributed by atoms with Crippen LogP contribution in [-0.2, 0) is 10.9 Å². The van der Waals surface area contributed by atoms with Crippen molar-refractivity contribution in [1.29, 1.82) is 0 Å². The maximum atomic E-state index is 12.8. The summed E-state index contributed by atoms with van der Waals surface area (Å²) in [6.45, 7) is 2.86. The molecular formula is C18H26ClF3IN5O. The van der Waals surface area contributed by atoms with Gasteiger partial charge in [-0.25, -0.2) is 4.98 Å². The van der Waals surface area contributed by atoms with Gasteiger partial charge >= 0.3 is 6.18 Å². The van der Waals surface area contributed by atoms with E-state index in [9.17, 15) is 13.2 Å². The Bertz CT molecular complexity index is 701. The summed E-state index contributed by atoms with van der Waals surface area (Å²) < 4.78 is 43.9. The molecule has 2 N–H and O–H groups in total. The van der Waals surface area contributed by atoms with Gasteiger partial charge < -0.3 is 20.3 Å². The van der Waals surface area contributed by atoms with Crippen LogP contribution in [0.1, 0.15) is 31.2 Å². The van der Waals surface area contributed by atoms with Gasteiger partial charge in [0.1, 0.15) is 5.82 Å². The molecule has 0 bridgehead atoms. The lowest BCUT2D eigenvalue weighted by molar-refractivity contribution is -0.137. The van der Waals surface area contributed by atoms with E-state index in [1.165, 1.54) is 0 Å². The predicted octanol–water partition coefficient (Wildman–Crippen LogP) is 3.68. The zero-order valence-electron chi connectivity index (χ0n) is 16.1. The minimum atomic E-state index is -4.45. The normalized spacial score (nSPS) is 22.5. The number of guanidine groups is 1. The first-order valence-electron chi connectivity index (χ1n) is 9.43. The first-order valence-corrected chi connectivity index (χ1v) is 9.81. The Kier molecular flexibility index (Phi) is 9.08. The van der Waals surface area contributed by atoms with Gasteiger partial charge in [0.05, 0.1) is 16.7 Å². The Hall–Kier alpha value is -1.01. The zero-order chi connectivity index (χ0) is 20.1. The quantitative estimate of drug-likeness (QED) is 0.335. The van der Waals surface area contributed by atoms with E-state index in [1.807, 2.05) is 4.90 Å². The van der Waals surface area contributed by atoms with E-state index in [4.69, 9.17) is 16.3 Å². The van der Waals surface area contributed by atoms with E-state index in [0.29, 0.717) is 31.0 Å². The molecule has 11 heteroatoms. The number of nitrogens with one attached hydrogen (secondary N) is 2. The number of nitrogens with zero attached hydrogens (tertiary/aromatic N) is 3. The fourth-order valence-electron chi connectivity index (χ4n) is 3.50. The highest BCUT2D eigenvalue weighted by atomic mass is 127. The van der Waals surface area contributed by atoms with Crippen LogP contribution >= 0.6 is 35.6 Å². The number of anilines is 1. The van der Waals surface area contributed by atoms with Crippen LogP contribution in [0.2, 0.25) is 5.02 Å². The molecule has 2 fully saturated rings. The molecular weight excluding hydrogens is 522 g/mol. The van der Waals surface area contributed by atoms with Gasteiger partial charge in [0.2, 0.25) is 0 Å². The Balaban J connectivity index is 0.00000300. The van der Waals surface area contributed by atoms with Crippen LogP contribution in [0.25, 0.3) is 0 Å². The van der Waals surface area contributed by atoms with Crippen molar-refractivity contribution in [2.75, 3.05) is 38.2 Å². The van der Waals surface area contributed by atoms with Crippen molar-refractivity contribution < 1.29 is 17.9 Å². The standard InChI is InChI=1S/C18H25ClF3N5O.HI/c1-23-17(24-6-4-14-3-2-8-28-14)26-13-5-7-27(11-13)16-15(19)9-12(10-25-16)18(20,21)22;/h9-10,13-14H,2-8,11H2,1H3,(H2,23,24,26);1H. The third-order valence-electron chi connectivity index (χ3n) is 4.98. The molecule has 2 unspecified atom stereocenters. The van der Waals surface area contributed by atoms with Crippen LogP contribution in [0.3, 0.4) is 0 Å². The van der Waals surface area contributed by atoms with Crippen LogP contribution in [0.15, 0.2) is 17.3 Å². The first-order chi connectivity index (χ1) is 13.4. The molecule has 29 heavy (non-hydrogen) atoms. The smallest absolute Gasteiger partial charge is 0.378 e. The average molecular weight is 548 g/mol. The summed E-state index contributed by atoms with van der Waals surface area (Å²) in [7, 11) is 1.71. The fourth-order valence-corrected chi connectivity index (χ4v) is 3.79. The Morgan fingerprint density at radius 1 is 1.41 bits per heavy atom. The lowest BCUT2D eigenvalue weighted by Crippen LogP contribution is -2.45. The number of aromatic nitrogens is 1. The number of alkyl halides is 3. The highest BCUT2D eigenvalue weighted by Gasteiger charge is 2.33. The summed E-state index contributed by atoms with van der Waals surface area (Å²) in [5, 5.41) is 6.65. The lowest BCUT2D eigenvalue weighted by Gasteiger charge is -2.21. The highest BCUT2D eigenvalue weighted by molar-refractivity contribution is 14.0. The van der Waals surface area contributed by atoms with Crippen molar-refractivity contribution in [1.82, 2.24) is 15.6 Å². The summed E-state index contributed by atoms with van der Waals surface area (Å²) in [5.74, 6) is 1.08. The van der Waals surface area contributed by atoms with E-state index < -0.39 is 11.7 Å². The van der Waals surface area contributed by atoms with E-state index in [1.54, 1.807) is 7.05 Å². The van der Waals surface area contributed by atoms with E-state index in [-0.39, 0.29) is 35.0 Å². The lowest BCUT2D eigenvalue weighted by atomic mass is 10.2. The fraction of sp³-hybridized carbons (Fsp3) is 0.667. The number of hydrogen-bond donors (Lipinski definition) is 2. The topological polar surface area (TPSA) is 61.8 Å². The molecule has 2 atom stereocenters. The summed E-state index contributed by atoms with van der Waals surface area (Å²) in [4.78, 5) is 10.1. The van der Waals surface area contributed by atoms with Gasteiger partial charge in [0, 0.05) is 45.5 Å². The molecule has 1 aromatic rings. The second kappa shape index (κ2) is 10.9. The maximum Gasteiger partial charge on any atom is 0.417 e. The minimum absolute atomic E-state index is 0. The van der Waals surface area contributed by atoms with Crippen LogP contribution in [-0.4, -0.2) is 56.4 Å². The molecule has 2 saturated heterocycles. The number of ether oxygens (including phenoxy) is 1. The molecule has 0 aliphatic carbocycles. The van der Waals surface area contributed by atoms with E-state index >= 15 is 0 Å². The van der Waals surface area contributed by atoms with Gasteiger partial charge in [-0.1, -0.05) is 11.6 Å². The zero-order valence-corrected chi connectivity index (χ0v) is 19.2. The van der Waals surface area contributed by atoms with Crippen molar-refractivity contribution >= 4 is 47.4 Å². The van der Waals surface area contributed by atoms with Crippen molar-refractivity contribution in [2.45, 2.75) is 44.0 Å². The first kappa shape index (κ1) is 24.3. The van der Waals surface area contributed by atoms with Gasteiger partial charge in [0.25, 0.3) is 0 Å². The maximum absolute atomic E-state index is 12.8. The Labute approximate surface area is 190 Å². The summed E-state index contributed by atoms with van der Waals surface area (Å²) in [5.41, 5.74) is -0.842. The summed E-state index contributed by atoms with van der Waals surface area (Å²) in [6.07, 6.45) is 0.663. The SMILES string of the molecule is CN=C(NCCC1CCCO1)NC1CCN(c2ncc(C(F)(F)F)cc2Cl)C1.I. The van der Waals surface area contributed by atoms with Gasteiger partial charge in [-0.3, -0.25) is 4.99 Å². The molecule has 2 aliphatic rings. The molecule has 3 heterocycles. The van der Waals surface area contributed by atoms with Crippen molar-refractivity contribution in [2.24, 2.45) is 4.99 Å². The highest BCUT2D eigenvalue weighted by Crippen LogP contribution is 2.34. The molecule has 3 rings (SSSR count). The van der Waals surface area contributed by atoms with Crippen LogP contribution in [0, 0.1) is 0 Å². The largest absolute Gasteiger partial charge is 0.417 e. The molecule has 0 aromatic carbocycles. The summed E-state index contributed by atoms with van der Waals surface area (Å²) in [6, 6.07) is 1.03. The molecule has 6 nitrogen and oxygen atoms in total. The van der Waals surface area contributed by atoms with Gasteiger partial charge in [-0.05, 0) is 31.7 Å². The third-order valence-corrected chi connectivity index (χ3v) is 5.26. The summed E-state index contributed by atoms with van der Waals surface area (Å²) >= 11 is 6.05. The monoisotopic (exact) mass is 547 g/mol. The molecule has 164 valence electrons. The predicted molar refractivity (Wildman–Crippen MR) is 118 cm³/mol. The van der Waals surface area contributed by atoms with Crippen molar-refractivity contribution in [3.63, 3.8) is 0 Å². The molecule has 0 spiro atoms. The number of pyridine rings is 1. The molecule has 0 saturated carbocycles. The second-order valence-electron chi connectivity index (χ2n) is 7.03.